The summed E-state index contributed by atoms with van der Waals surface area (Å²) < 4.78 is 0. The van der Waals surface area contributed by atoms with Crippen LogP contribution in [0.15, 0.2) is 49.1 Å². The van der Waals surface area contributed by atoms with E-state index in [9.17, 15) is 0 Å². The Hall–Kier alpha value is -1.08. The molecule has 0 rings (SSSR count). The normalized spacial score (nSPS) is 14.6. The van der Waals surface area contributed by atoms with Gasteiger partial charge >= 0.3 is 0 Å². The van der Waals surface area contributed by atoms with Gasteiger partial charge in [-0.05, 0) is 19.8 Å². The van der Waals surface area contributed by atoms with Gasteiger partial charge in [0, 0.05) is 0 Å². The molecule has 72 valence electrons. The van der Waals surface area contributed by atoms with Crippen molar-refractivity contribution >= 4 is 0 Å². The summed E-state index contributed by atoms with van der Waals surface area (Å²) in [5.74, 6) is 0. The van der Waals surface area contributed by atoms with E-state index in [2.05, 4.69) is 6.58 Å². The third-order valence-corrected chi connectivity index (χ3v) is 1.47. The summed E-state index contributed by atoms with van der Waals surface area (Å²) in [6.07, 6.45) is 15.0. The topological polar surface area (TPSA) is 20.2 Å². The first-order chi connectivity index (χ1) is 6.27. The average Bonchev–Trinajstić information content (AvgIpc) is 2.09. The number of hydrogen-bond acceptors (Lipinski definition) is 1. The quantitative estimate of drug-likeness (QED) is 0.620. The molecule has 0 saturated heterocycles. The minimum absolute atomic E-state index is 0.200. The highest BCUT2D eigenvalue weighted by Gasteiger charge is 1.89. The van der Waals surface area contributed by atoms with E-state index in [1.165, 1.54) is 0 Å². The van der Waals surface area contributed by atoms with Gasteiger partial charge in [-0.1, -0.05) is 49.1 Å². The van der Waals surface area contributed by atoms with Crippen LogP contribution in [0.4, 0.5) is 0 Å². The summed E-state index contributed by atoms with van der Waals surface area (Å²) >= 11 is 0. The molecule has 0 spiro atoms. The van der Waals surface area contributed by atoms with Crippen LogP contribution in [-0.4, -0.2) is 11.2 Å². The van der Waals surface area contributed by atoms with Crippen LogP contribution in [-0.2, 0) is 0 Å². The lowest BCUT2D eigenvalue weighted by molar-refractivity contribution is 0.186. The van der Waals surface area contributed by atoms with Crippen molar-refractivity contribution in [3.63, 3.8) is 0 Å². The van der Waals surface area contributed by atoms with Crippen molar-refractivity contribution in [2.24, 2.45) is 0 Å². The Morgan fingerprint density at radius 3 is 2.38 bits per heavy atom. The number of aliphatic hydroxyl groups is 1. The summed E-state index contributed by atoms with van der Waals surface area (Å²) in [4.78, 5) is 0. The largest absolute Gasteiger partial charge is 0.393 e. The van der Waals surface area contributed by atoms with Gasteiger partial charge in [-0.25, -0.2) is 0 Å². The number of allylic oxidation sites excluding steroid dienone is 7. The van der Waals surface area contributed by atoms with Gasteiger partial charge in [0.2, 0.25) is 0 Å². The number of aliphatic hydroxyl groups excluding tert-OH is 1. The molecule has 1 atom stereocenters. The Kier molecular flexibility index (Phi) is 8.26. The average molecular weight is 178 g/mol. The fourth-order valence-electron chi connectivity index (χ4n) is 0.783. The van der Waals surface area contributed by atoms with Gasteiger partial charge in [0.1, 0.15) is 0 Å². The summed E-state index contributed by atoms with van der Waals surface area (Å²) in [5, 5.41) is 8.95. The zero-order valence-corrected chi connectivity index (χ0v) is 8.19. The van der Waals surface area contributed by atoms with E-state index < -0.39 is 0 Å². The van der Waals surface area contributed by atoms with Crippen LogP contribution in [0.25, 0.3) is 0 Å². The Morgan fingerprint density at radius 2 is 1.77 bits per heavy atom. The van der Waals surface area contributed by atoms with Gasteiger partial charge in [0.25, 0.3) is 0 Å². The molecule has 0 aromatic rings. The van der Waals surface area contributed by atoms with Crippen molar-refractivity contribution in [2.75, 3.05) is 0 Å². The van der Waals surface area contributed by atoms with Crippen LogP contribution in [0.5, 0.6) is 0 Å². The summed E-state index contributed by atoms with van der Waals surface area (Å²) in [5.41, 5.74) is 0. The minimum atomic E-state index is -0.200. The number of hydrogen-bond donors (Lipinski definition) is 1. The highest BCUT2D eigenvalue weighted by atomic mass is 16.3. The molecule has 0 amide bonds. The standard InChI is InChI=1S/C12H18O/c1-3-4-5-6-7-8-9-10-11-12(2)13/h3-9,12-13H,1,10-11H2,2H3. The molecule has 0 saturated carbocycles. The second-order valence-electron chi connectivity index (χ2n) is 2.86. The summed E-state index contributed by atoms with van der Waals surface area (Å²) in [6, 6.07) is 0. The summed E-state index contributed by atoms with van der Waals surface area (Å²) in [6.45, 7) is 5.36. The molecule has 1 unspecified atom stereocenters. The van der Waals surface area contributed by atoms with Crippen molar-refractivity contribution in [1.29, 1.82) is 0 Å². The van der Waals surface area contributed by atoms with E-state index in [0.29, 0.717) is 0 Å². The third-order valence-electron chi connectivity index (χ3n) is 1.47. The van der Waals surface area contributed by atoms with Crippen molar-refractivity contribution in [3.8, 4) is 0 Å². The molecule has 1 N–H and O–H groups in total. The van der Waals surface area contributed by atoms with Crippen molar-refractivity contribution in [2.45, 2.75) is 25.9 Å². The number of rotatable bonds is 6. The maximum atomic E-state index is 8.95. The maximum Gasteiger partial charge on any atom is 0.0515 e. The molecule has 1 nitrogen and oxygen atoms in total. The third kappa shape index (κ3) is 10.9. The molecular formula is C12H18O. The van der Waals surface area contributed by atoms with Crippen LogP contribution in [0.1, 0.15) is 19.8 Å². The van der Waals surface area contributed by atoms with Gasteiger partial charge in [-0.3, -0.25) is 0 Å². The predicted molar refractivity (Wildman–Crippen MR) is 58.5 cm³/mol. The van der Waals surface area contributed by atoms with Gasteiger partial charge in [0.15, 0.2) is 0 Å². The van der Waals surface area contributed by atoms with Gasteiger partial charge < -0.3 is 5.11 Å². The molecule has 0 aliphatic heterocycles. The zero-order valence-electron chi connectivity index (χ0n) is 8.19. The zero-order chi connectivity index (χ0) is 9.94. The molecule has 0 bridgehead atoms. The highest BCUT2D eigenvalue weighted by molar-refractivity contribution is 5.14. The lowest BCUT2D eigenvalue weighted by atomic mass is 10.2. The van der Waals surface area contributed by atoms with Crippen LogP contribution in [0, 0.1) is 0 Å². The van der Waals surface area contributed by atoms with Crippen molar-refractivity contribution in [1.82, 2.24) is 0 Å². The van der Waals surface area contributed by atoms with Crippen LogP contribution < -0.4 is 0 Å². The molecule has 0 aromatic heterocycles. The first kappa shape index (κ1) is 11.9. The lowest BCUT2D eigenvalue weighted by Crippen LogP contribution is -1.96. The minimum Gasteiger partial charge on any atom is -0.393 e. The van der Waals surface area contributed by atoms with Crippen molar-refractivity contribution in [3.05, 3.63) is 49.1 Å². The molecule has 0 aromatic carbocycles. The molecule has 13 heavy (non-hydrogen) atoms. The molecule has 0 fully saturated rings. The molecule has 1 heteroatoms. The van der Waals surface area contributed by atoms with Gasteiger partial charge in [-0.15, -0.1) is 0 Å². The molecular weight excluding hydrogens is 160 g/mol. The van der Waals surface area contributed by atoms with E-state index in [1.54, 1.807) is 13.0 Å². The highest BCUT2D eigenvalue weighted by Crippen LogP contribution is 1.96. The molecule has 0 aliphatic rings. The second-order valence-corrected chi connectivity index (χ2v) is 2.86. The molecule has 0 aliphatic carbocycles. The molecule has 0 heterocycles. The van der Waals surface area contributed by atoms with Crippen molar-refractivity contribution < 1.29 is 5.11 Å². The van der Waals surface area contributed by atoms with E-state index in [-0.39, 0.29) is 6.10 Å². The van der Waals surface area contributed by atoms with Crippen LogP contribution >= 0.6 is 0 Å². The first-order valence-corrected chi connectivity index (χ1v) is 4.56. The SMILES string of the molecule is C=CC=CC=CC=CCCC(C)O. The van der Waals surface area contributed by atoms with E-state index in [4.69, 9.17) is 5.11 Å². The second kappa shape index (κ2) is 9.01. The Morgan fingerprint density at radius 1 is 1.15 bits per heavy atom. The van der Waals surface area contributed by atoms with Crippen LogP contribution in [0.2, 0.25) is 0 Å². The van der Waals surface area contributed by atoms with E-state index in [0.717, 1.165) is 12.8 Å². The van der Waals surface area contributed by atoms with E-state index >= 15 is 0 Å². The summed E-state index contributed by atoms with van der Waals surface area (Å²) in [7, 11) is 0. The predicted octanol–water partition coefficient (Wildman–Crippen LogP) is 3.00. The molecule has 0 radical (unpaired) electrons. The van der Waals surface area contributed by atoms with Gasteiger partial charge in [0.05, 0.1) is 6.10 Å². The maximum absolute atomic E-state index is 8.95. The fraction of sp³-hybridized carbons (Fsp3) is 0.333. The first-order valence-electron chi connectivity index (χ1n) is 4.56. The smallest absolute Gasteiger partial charge is 0.0515 e. The van der Waals surface area contributed by atoms with Gasteiger partial charge in [-0.2, -0.15) is 0 Å². The van der Waals surface area contributed by atoms with Crippen LogP contribution in [0.3, 0.4) is 0 Å². The van der Waals surface area contributed by atoms with E-state index in [1.807, 2.05) is 36.5 Å². The fourth-order valence-corrected chi connectivity index (χ4v) is 0.783. The Bertz CT molecular complexity index is 197. The Labute approximate surface area is 80.8 Å². The lowest BCUT2D eigenvalue weighted by Gasteiger charge is -1.97. The monoisotopic (exact) mass is 178 g/mol. The Balaban J connectivity index is 3.45.